The van der Waals surface area contributed by atoms with Gasteiger partial charge in [0, 0.05) is 12.6 Å². The first-order chi connectivity index (χ1) is 6.71. The molecule has 0 bridgehead atoms. The van der Waals surface area contributed by atoms with Crippen LogP contribution in [-0.4, -0.2) is 29.2 Å². The van der Waals surface area contributed by atoms with Gasteiger partial charge in [0.05, 0.1) is 11.6 Å². The number of carbonyl (C=O) groups excluding carboxylic acids is 1. The third-order valence-corrected chi connectivity index (χ3v) is 2.67. The zero-order valence-electron chi connectivity index (χ0n) is 8.13. The molecule has 1 aromatic heterocycles. The fourth-order valence-corrected chi connectivity index (χ4v) is 1.61. The fraction of sp³-hybridized carbons (Fsp3) is 0.556. The van der Waals surface area contributed by atoms with Crippen LogP contribution in [0.4, 0.5) is 5.82 Å². The minimum atomic E-state index is -0.287. The van der Waals surface area contributed by atoms with E-state index in [0.717, 1.165) is 19.5 Å². The summed E-state index contributed by atoms with van der Waals surface area (Å²) in [5.41, 5.74) is -0.287. The minimum Gasteiger partial charge on any atom is -0.316 e. The highest BCUT2D eigenvalue weighted by Gasteiger charge is 2.36. The molecule has 0 spiro atoms. The maximum Gasteiger partial charge on any atom is 0.232 e. The van der Waals surface area contributed by atoms with Crippen LogP contribution in [0.2, 0.25) is 0 Å². The lowest BCUT2D eigenvalue weighted by molar-refractivity contribution is -0.123. The highest BCUT2D eigenvalue weighted by atomic mass is 16.2. The monoisotopic (exact) mass is 194 g/mol. The SMILES string of the molecule is CC1(C(=O)Nc2ccn[nH]2)CCNC1. The third kappa shape index (κ3) is 1.63. The summed E-state index contributed by atoms with van der Waals surface area (Å²) in [6.07, 6.45) is 2.50. The maximum atomic E-state index is 11.8. The lowest BCUT2D eigenvalue weighted by Crippen LogP contribution is -2.35. The smallest absolute Gasteiger partial charge is 0.232 e. The molecule has 1 aliphatic heterocycles. The molecule has 1 unspecified atom stereocenters. The number of hydrogen-bond acceptors (Lipinski definition) is 3. The number of aromatic amines is 1. The highest BCUT2D eigenvalue weighted by Crippen LogP contribution is 2.25. The molecule has 76 valence electrons. The Hall–Kier alpha value is -1.36. The summed E-state index contributed by atoms with van der Waals surface area (Å²) >= 11 is 0. The first kappa shape index (κ1) is 9.21. The van der Waals surface area contributed by atoms with Gasteiger partial charge in [0.1, 0.15) is 5.82 Å². The molecule has 14 heavy (non-hydrogen) atoms. The average Bonchev–Trinajstić information content (AvgIpc) is 2.76. The molecule has 1 fully saturated rings. The van der Waals surface area contributed by atoms with Crippen molar-refractivity contribution in [1.29, 1.82) is 0 Å². The molecule has 2 rings (SSSR count). The van der Waals surface area contributed by atoms with E-state index in [-0.39, 0.29) is 11.3 Å². The predicted molar refractivity (Wildman–Crippen MR) is 52.8 cm³/mol. The second kappa shape index (κ2) is 3.42. The molecule has 3 N–H and O–H groups in total. The van der Waals surface area contributed by atoms with Crippen LogP contribution < -0.4 is 10.6 Å². The molecule has 0 saturated carbocycles. The zero-order valence-corrected chi connectivity index (χ0v) is 8.13. The van der Waals surface area contributed by atoms with Crippen LogP contribution in [0, 0.1) is 5.41 Å². The standard InChI is InChI=1S/C9H14N4O/c1-9(3-5-10-6-9)8(14)12-7-2-4-11-13-7/h2,4,10H,3,5-6H2,1H3,(H2,11,12,13,14). The van der Waals surface area contributed by atoms with Crippen molar-refractivity contribution in [2.45, 2.75) is 13.3 Å². The third-order valence-electron chi connectivity index (χ3n) is 2.67. The Bertz CT molecular complexity index is 314. The highest BCUT2D eigenvalue weighted by molar-refractivity contribution is 5.94. The molecule has 0 aromatic carbocycles. The number of nitrogens with one attached hydrogen (secondary N) is 3. The van der Waals surface area contributed by atoms with E-state index in [9.17, 15) is 4.79 Å². The number of hydrogen-bond donors (Lipinski definition) is 3. The molecule has 0 aliphatic carbocycles. The summed E-state index contributed by atoms with van der Waals surface area (Å²) in [6.45, 7) is 3.62. The van der Waals surface area contributed by atoms with Crippen LogP contribution in [0.5, 0.6) is 0 Å². The Kier molecular flexibility index (Phi) is 2.25. The van der Waals surface area contributed by atoms with Crippen LogP contribution in [0.15, 0.2) is 12.3 Å². The van der Waals surface area contributed by atoms with Gasteiger partial charge in [-0.25, -0.2) is 0 Å². The Morgan fingerprint density at radius 2 is 2.57 bits per heavy atom. The summed E-state index contributed by atoms with van der Waals surface area (Å²) in [5.74, 6) is 0.704. The van der Waals surface area contributed by atoms with E-state index in [0.29, 0.717) is 5.82 Å². The van der Waals surface area contributed by atoms with E-state index in [1.165, 1.54) is 0 Å². The maximum absolute atomic E-state index is 11.8. The molecular weight excluding hydrogens is 180 g/mol. The number of anilines is 1. The molecule has 1 aromatic rings. The molecule has 1 amide bonds. The lowest BCUT2D eigenvalue weighted by atomic mass is 9.89. The van der Waals surface area contributed by atoms with Crippen molar-refractivity contribution >= 4 is 11.7 Å². The number of carbonyl (C=O) groups is 1. The van der Waals surface area contributed by atoms with Crippen molar-refractivity contribution in [2.75, 3.05) is 18.4 Å². The van der Waals surface area contributed by atoms with Gasteiger partial charge in [0.25, 0.3) is 0 Å². The summed E-state index contributed by atoms with van der Waals surface area (Å²) in [6, 6.07) is 1.74. The van der Waals surface area contributed by atoms with Gasteiger partial charge in [-0.2, -0.15) is 5.10 Å². The van der Waals surface area contributed by atoms with Gasteiger partial charge >= 0.3 is 0 Å². The number of nitrogens with zero attached hydrogens (tertiary/aromatic N) is 1. The summed E-state index contributed by atoms with van der Waals surface area (Å²) in [5, 5.41) is 12.5. The Morgan fingerprint density at radius 1 is 1.71 bits per heavy atom. The molecule has 2 heterocycles. The number of rotatable bonds is 2. The molecule has 1 saturated heterocycles. The second-order valence-corrected chi connectivity index (χ2v) is 3.91. The van der Waals surface area contributed by atoms with Gasteiger partial charge in [-0.1, -0.05) is 0 Å². The number of H-pyrrole nitrogens is 1. The van der Waals surface area contributed by atoms with Gasteiger partial charge in [-0.15, -0.1) is 0 Å². The van der Waals surface area contributed by atoms with Crippen molar-refractivity contribution in [1.82, 2.24) is 15.5 Å². The Morgan fingerprint density at radius 3 is 3.14 bits per heavy atom. The lowest BCUT2D eigenvalue weighted by Gasteiger charge is -2.20. The molecule has 1 aliphatic rings. The van der Waals surface area contributed by atoms with E-state index in [1.807, 2.05) is 6.92 Å². The summed E-state index contributed by atoms with van der Waals surface area (Å²) in [4.78, 5) is 11.8. The van der Waals surface area contributed by atoms with Gasteiger partial charge in [0.15, 0.2) is 0 Å². The van der Waals surface area contributed by atoms with E-state index < -0.39 is 0 Å². The normalized spacial score (nSPS) is 26.4. The van der Waals surface area contributed by atoms with Crippen molar-refractivity contribution in [3.8, 4) is 0 Å². The van der Waals surface area contributed by atoms with Crippen molar-refractivity contribution in [3.63, 3.8) is 0 Å². The predicted octanol–water partition coefficient (Wildman–Crippen LogP) is 0.348. The van der Waals surface area contributed by atoms with Gasteiger partial charge in [0.2, 0.25) is 5.91 Å². The molecule has 5 nitrogen and oxygen atoms in total. The molecule has 5 heteroatoms. The first-order valence-electron chi connectivity index (χ1n) is 4.72. The zero-order chi connectivity index (χ0) is 10.0. The fourth-order valence-electron chi connectivity index (χ4n) is 1.61. The van der Waals surface area contributed by atoms with Crippen molar-refractivity contribution < 1.29 is 4.79 Å². The molecule has 1 atom stereocenters. The van der Waals surface area contributed by atoms with E-state index >= 15 is 0 Å². The average molecular weight is 194 g/mol. The number of aromatic nitrogens is 2. The quantitative estimate of drug-likeness (QED) is 0.636. The first-order valence-corrected chi connectivity index (χ1v) is 4.72. The van der Waals surface area contributed by atoms with Crippen LogP contribution in [-0.2, 0) is 4.79 Å². The van der Waals surface area contributed by atoms with Crippen molar-refractivity contribution in [2.24, 2.45) is 5.41 Å². The summed E-state index contributed by atoms with van der Waals surface area (Å²) < 4.78 is 0. The summed E-state index contributed by atoms with van der Waals surface area (Å²) in [7, 11) is 0. The van der Waals surface area contributed by atoms with E-state index in [2.05, 4.69) is 20.8 Å². The minimum absolute atomic E-state index is 0.0479. The van der Waals surface area contributed by atoms with Crippen LogP contribution in [0.1, 0.15) is 13.3 Å². The second-order valence-electron chi connectivity index (χ2n) is 3.91. The van der Waals surface area contributed by atoms with Crippen LogP contribution in [0.25, 0.3) is 0 Å². The molecule has 0 radical (unpaired) electrons. The van der Waals surface area contributed by atoms with Gasteiger partial charge < -0.3 is 10.6 Å². The van der Waals surface area contributed by atoms with Gasteiger partial charge in [-0.05, 0) is 19.9 Å². The van der Waals surface area contributed by atoms with Crippen LogP contribution >= 0.6 is 0 Å². The van der Waals surface area contributed by atoms with E-state index in [1.54, 1.807) is 12.3 Å². The van der Waals surface area contributed by atoms with E-state index in [4.69, 9.17) is 0 Å². The van der Waals surface area contributed by atoms with Gasteiger partial charge in [-0.3, -0.25) is 9.89 Å². The van der Waals surface area contributed by atoms with Crippen LogP contribution in [0.3, 0.4) is 0 Å². The topological polar surface area (TPSA) is 69.8 Å². The van der Waals surface area contributed by atoms with Crippen molar-refractivity contribution in [3.05, 3.63) is 12.3 Å². The molecular formula is C9H14N4O. The Labute approximate surface area is 82.3 Å². The Balaban J connectivity index is 2.02. The number of amides is 1. The largest absolute Gasteiger partial charge is 0.316 e.